The number of benzene rings is 2. The molecule has 0 aliphatic heterocycles. The fourth-order valence-electron chi connectivity index (χ4n) is 2.41. The van der Waals surface area contributed by atoms with Crippen molar-refractivity contribution in [3.05, 3.63) is 58.9 Å². The highest BCUT2D eigenvalue weighted by Gasteiger charge is 2.07. The number of carbonyl (C=O) groups is 1. The zero-order chi connectivity index (χ0) is 20.5. The summed E-state index contributed by atoms with van der Waals surface area (Å²) in [5.74, 6) is 0.770. The monoisotopic (exact) mass is 388 g/mol. The molecular formula is C20H25FN4O3. The minimum Gasteiger partial charge on any atom is -0.493 e. The minimum absolute atomic E-state index is 0.255. The van der Waals surface area contributed by atoms with Crippen LogP contribution < -0.4 is 25.8 Å². The van der Waals surface area contributed by atoms with Crippen molar-refractivity contribution in [3.8, 4) is 11.5 Å². The number of hydrogen-bond acceptors (Lipinski definition) is 4. The van der Waals surface area contributed by atoms with Crippen LogP contribution in [-0.2, 0) is 6.54 Å². The van der Waals surface area contributed by atoms with E-state index < -0.39 is 5.82 Å². The maximum absolute atomic E-state index is 13.5. The van der Waals surface area contributed by atoms with E-state index >= 15 is 0 Å². The molecule has 2 aromatic rings. The topological polar surface area (TPSA) is 98.0 Å². The lowest BCUT2D eigenvalue weighted by molar-refractivity contribution is 0.0954. The first-order valence-corrected chi connectivity index (χ1v) is 8.73. The molecular weight excluding hydrogens is 363 g/mol. The smallest absolute Gasteiger partial charge is 0.251 e. The predicted octanol–water partition coefficient (Wildman–Crippen LogP) is 1.99. The Morgan fingerprint density at radius 3 is 2.46 bits per heavy atom. The van der Waals surface area contributed by atoms with Crippen LogP contribution in [-0.4, -0.2) is 39.2 Å². The highest BCUT2D eigenvalue weighted by molar-refractivity contribution is 5.94. The summed E-state index contributed by atoms with van der Waals surface area (Å²) in [6.07, 6.45) is 0. The molecule has 0 saturated heterocycles. The Bertz CT molecular complexity index is 855. The summed E-state index contributed by atoms with van der Waals surface area (Å²) in [4.78, 5) is 16.2. The van der Waals surface area contributed by atoms with Crippen LogP contribution in [0.5, 0.6) is 11.5 Å². The Kier molecular flexibility index (Phi) is 7.62. The normalized spacial score (nSPS) is 11.1. The number of halogens is 1. The summed E-state index contributed by atoms with van der Waals surface area (Å²) < 4.78 is 24.0. The third-order valence-corrected chi connectivity index (χ3v) is 4.03. The highest BCUT2D eigenvalue weighted by atomic mass is 19.1. The van der Waals surface area contributed by atoms with Crippen LogP contribution in [0, 0.1) is 12.7 Å². The fourth-order valence-corrected chi connectivity index (χ4v) is 2.41. The van der Waals surface area contributed by atoms with Gasteiger partial charge in [-0.3, -0.25) is 4.79 Å². The number of amides is 1. The van der Waals surface area contributed by atoms with Crippen molar-refractivity contribution in [1.82, 2.24) is 10.6 Å². The van der Waals surface area contributed by atoms with E-state index in [1.165, 1.54) is 6.07 Å². The SMILES string of the molecule is COc1ccc(CN=C(N)NCCNC(=O)c2ccc(C)c(F)c2)cc1OC. The van der Waals surface area contributed by atoms with Gasteiger partial charge in [-0.15, -0.1) is 0 Å². The van der Waals surface area contributed by atoms with Gasteiger partial charge in [0.05, 0.1) is 20.8 Å². The highest BCUT2D eigenvalue weighted by Crippen LogP contribution is 2.27. The second kappa shape index (κ2) is 10.1. The van der Waals surface area contributed by atoms with Crippen LogP contribution in [0.2, 0.25) is 0 Å². The largest absolute Gasteiger partial charge is 0.493 e. The van der Waals surface area contributed by atoms with Gasteiger partial charge in [0.1, 0.15) is 5.82 Å². The van der Waals surface area contributed by atoms with Gasteiger partial charge in [-0.05, 0) is 42.3 Å². The Morgan fingerprint density at radius 2 is 1.79 bits per heavy atom. The molecule has 0 aliphatic rings. The number of ether oxygens (including phenoxy) is 2. The maximum Gasteiger partial charge on any atom is 0.251 e. The molecule has 0 aliphatic carbocycles. The van der Waals surface area contributed by atoms with Crippen molar-refractivity contribution in [2.75, 3.05) is 27.3 Å². The minimum atomic E-state index is -0.405. The molecule has 0 heterocycles. The summed E-state index contributed by atoms with van der Waals surface area (Å²) in [5.41, 5.74) is 7.52. The van der Waals surface area contributed by atoms with Gasteiger partial charge in [0.25, 0.3) is 5.91 Å². The molecule has 0 atom stereocenters. The Balaban J connectivity index is 1.78. The summed E-state index contributed by atoms with van der Waals surface area (Å²) in [5, 5.41) is 5.61. The molecule has 0 aromatic heterocycles. The first kappa shape index (κ1) is 21.0. The Labute approximate surface area is 163 Å². The third kappa shape index (κ3) is 5.87. The molecule has 0 fully saturated rings. The molecule has 0 saturated carbocycles. The fraction of sp³-hybridized carbons (Fsp3) is 0.300. The van der Waals surface area contributed by atoms with Crippen LogP contribution >= 0.6 is 0 Å². The molecule has 7 nitrogen and oxygen atoms in total. The molecule has 4 N–H and O–H groups in total. The summed E-state index contributed by atoms with van der Waals surface area (Å²) >= 11 is 0. The molecule has 0 unspecified atom stereocenters. The molecule has 28 heavy (non-hydrogen) atoms. The van der Waals surface area contributed by atoms with Crippen LogP contribution in [0.15, 0.2) is 41.4 Å². The maximum atomic E-state index is 13.5. The lowest BCUT2D eigenvalue weighted by atomic mass is 10.1. The molecule has 2 aromatic carbocycles. The van der Waals surface area contributed by atoms with Crippen molar-refractivity contribution in [2.45, 2.75) is 13.5 Å². The number of carbonyl (C=O) groups excluding carboxylic acids is 1. The molecule has 150 valence electrons. The average molecular weight is 388 g/mol. The van der Waals surface area contributed by atoms with Crippen LogP contribution in [0.3, 0.4) is 0 Å². The molecule has 8 heteroatoms. The van der Waals surface area contributed by atoms with Crippen molar-refractivity contribution in [1.29, 1.82) is 0 Å². The number of aryl methyl sites for hydroxylation is 1. The molecule has 2 rings (SSSR count). The molecule has 1 amide bonds. The molecule has 0 bridgehead atoms. The van der Waals surface area contributed by atoms with Crippen LogP contribution in [0.4, 0.5) is 4.39 Å². The molecule has 0 spiro atoms. The average Bonchev–Trinajstić information content (AvgIpc) is 2.71. The quantitative estimate of drug-likeness (QED) is 0.365. The second-order valence-electron chi connectivity index (χ2n) is 6.04. The van der Waals surface area contributed by atoms with E-state index in [2.05, 4.69) is 15.6 Å². The number of nitrogens with two attached hydrogens (primary N) is 1. The zero-order valence-electron chi connectivity index (χ0n) is 16.2. The van der Waals surface area contributed by atoms with Gasteiger partial charge in [-0.25, -0.2) is 9.38 Å². The predicted molar refractivity (Wildman–Crippen MR) is 106 cm³/mol. The lowest BCUT2D eigenvalue weighted by Crippen LogP contribution is -2.38. The van der Waals surface area contributed by atoms with E-state index in [1.54, 1.807) is 39.3 Å². The van der Waals surface area contributed by atoms with E-state index in [0.717, 1.165) is 5.56 Å². The second-order valence-corrected chi connectivity index (χ2v) is 6.04. The van der Waals surface area contributed by atoms with Gasteiger partial charge >= 0.3 is 0 Å². The van der Waals surface area contributed by atoms with Gasteiger partial charge < -0.3 is 25.8 Å². The van der Waals surface area contributed by atoms with Gasteiger partial charge in [0, 0.05) is 18.7 Å². The van der Waals surface area contributed by atoms with Gasteiger partial charge in [-0.2, -0.15) is 0 Å². The number of methoxy groups -OCH3 is 2. The van der Waals surface area contributed by atoms with Crippen molar-refractivity contribution < 1.29 is 18.7 Å². The summed E-state index contributed by atoms with van der Waals surface area (Å²) in [6.45, 7) is 2.72. The number of hydrogen-bond donors (Lipinski definition) is 3. The summed E-state index contributed by atoms with van der Waals surface area (Å²) in [7, 11) is 3.14. The van der Waals surface area contributed by atoms with E-state index in [0.29, 0.717) is 36.7 Å². The van der Waals surface area contributed by atoms with E-state index in [9.17, 15) is 9.18 Å². The lowest BCUT2D eigenvalue weighted by Gasteiger charge is -2.10. The van der Waals surface area contributed by atoms with Gasteiger partial charge in [-0.1, -0.05) is 12.1 Å². The van der Waals surface area contributed by atoms with Crippen LogP contribution in [0.25, 0.3) is 0 Å². The number of nitrogens with zero attached hydrogens (tertiary/aromatic N) is 1. The van der Waals surface area contributed by atoms with Gasteiger partial charge in [0.2, 0.25) is 0 Å². The first-order chi connectivity index (χ1) is 13.4. The van der Waals surface area contributed by atoms with Gasteiger partial charge in [0.15, 0.2) is 17.5 Å². The standard InChI is InChI=1S/C20H25FN4O3/c1-13-4-6-15(11-16(13)21)19(26)23-8-9-24-20(22)25-12-14-5-7-17(27-2)18(10-14)28-3/h4-7,10-11H,8-9,12H2,1-3H3,(H,23,26)(H3,22,24,25). The number of guanidine groups is 1. The number of rotatable bonds is 8. The van der Waals surface area contributed by atoms with E-state index in [1.807, 2.05) is 12.1 Å². The first-order valence-electron chi connectivity index (χ1n) is 8.73. The van der Waals surface area contributed by atoms with E-state index in [-0.39, 0.29) is 17.4 Å². The number of aliphatic imine (C=N–C) groups is 1. The molecule has 0 radical (unpaired) electrons. The Morgan fingerprint density at radius 1 is 1.07 bits per heavy atom. The summed E-state index contributed by atoms with van der Waals surface area (Å²) in [6, 6.07) is 9.88. The third-order valence-electron chi connectivity index (χ3n) is 4.03. The van der Waals surface area contributed by atoms with E-state index in [4.69, 9.17) is 15.2 Å². The van der Waals surface area contributed by atoms with Crippen molar-refractivity contribution in [2.24, 2.45) is 10.7 Å². The Hall–Kier alpha value is -3.29. The van der Waals surface area contributed by atoms with Crippen molar-refractivity contribution >= 4 is 11.9 Å². The zero-order valence-corrected chi connectivity index (χ0v) is 16.2. The van der Waals surface area contributed by atoms with Crippen molar-refractivity contribution in [3.63, 3.8) is 0 Å². The number of nitrogens with one attached hydrogen (secondary N) is 2. The van der Waals surface area contributed by atoms with Crippen LogP contribution in [0.1, 0.15) is 21.5 Å².